The standard InChI is InChI=1S/C22H27N7O3S/c1-13-6-8-17(14(2)10-13)24-20(30)12-33-22-28-27-21(29(22)23)26-25-15(3)16-7-9-18(31-4)19(11-16)32-5/h6-11H,12,23H2,1-5H3,(H,24,30)(H,26,27)/b25-15+. The second-order valence-corrected chi connectivity index (χ2v) is 8.15. The van der Waals surface area contributed by atoms with E-state index in [-0.39, 0.29) is 17.6 Å². The van der Waals surface area contributed by atoms with Gasteiger partial charge in [-0.3, -0.25) is 4.79 Å². The highest BCUT2D eigenvalue weighted by molar-refractivity contribution is 7.99. The van der Waals surface area contributed by atoms with Gasteiger partial charge in [-0.25, -0.2) is 10.1 Å². The summed E-state index contributed by atoms with van der Waals surface area (Å²) in [6.45, 7) is 5.79. The molecule has 1 heterocycles. The van der Waals surface area contributed by atoms with E-state index in [2.05, 4.69) is 26.0 Å². The molecule has 33 heavy (non-hydrogen) atoms. The van der Waals surface area contributed by atoms with Crippen molar-refractivity contribution in [3.8, 4) is 11.5 Å². The zero-order valence-corrected chi connectivity index (χ0v) is 20.0. The van der Waals surface area contributed by atoms with Gasteiger partial charge in [0.25, 0.3) is 5.95 Å². The van der Waals surface area contributed by atoms with Gasteiger partial charge in [-0.1, -0.05) is 29.5 Å². The van der Waals surface area contributed by atoms with E-state index in [4.69, 9.17) is 15.3 Å². The molecule has 1 aromatic heterocycles. The number of benzene rings is 2. The number of amides is 1. The van der Waals surface area contributed by atoms with Crippen LogP contribution in [0.15, 0.2) is 46.7 Å². The van der Waals surface area contributed by atoms with Gasteiger partial charge in [-0.15, -0.1) is 10.2 Å². The minimum atomic E-state index is -0.160. The highest BCUT2D eigenvalue weighted by atomic mass is 32.2. The summed E-state index contributed by atoms with van der Waals surface area (Å²) in [7, 11) is 3.15. The lowest BCUT2D eigenvalue weighted by molar-refractivity contribution is -0.113. The number of hydrogen-bond donors (Lipinski definition) is 3. The van der Waals surface area contributed by atoms with Gasteiger partial charge < -0.3 is 20.6 Å². The highest BCUT2D eigenvalue weighted by Gasteiger charge is 2.13. The van der Waals surface area contributed by atoms with Crippen molar-refractivity contribution in [2.24, 2.45) is 5.10 Å². The van der Waals surface area contributed by atoms with Crippen LogP contribution < -0.4 is 26.1 Å². The van der Waals surface area contributed by atoms with E-state index in [1.807, 2.05) is 51.1 Å². The van der Waals surface area contributed by atoms with Crippen molar-refractivity contribution >= 4 is 35.0 Å². The third-order valence-electron chi connectivity index (χ3n) is 4.78. The summed E-state index contributed by atoms with van der Waals surface area (Å²) >= 11 is 1.18. The quantitative estimate of drug-likeness (QED) is 0.189. The van der Waals surface area contributed by atoms with Gasteiger partial charge in [0.15, 0.2) is 11.5 Å². The fourth-order valence-electron chi connectivity index (χ4n) is 2.98. The number of ether oxygens (including phenoxy) is 2. The minimum Gasteiger partial charge on any atom is -0.493 e. The van der Waals surface area contributed by atoms with Gasteiger partial charge in [0.1, 0.15) is 0 Å². The summed E-state index contributed by atoms with van der Waals surface area (Å²) in [4.78, 5) is 12.3. The number of rotatable bonds is 9. The molecule has 0 fully saturated rings. The topological polar surface area (TPSA) is 129 Å². The fourth-order valence-corrected chi connectivity index (χ4v) is 3.64. The molecule has 2 aromatic carbocycles. The van der Waals surface area contributed by atoms with E-state index in [1.165, 1.54) is 16.4 Å². The van der Waals surface area contributed by atoms with Crippen molar-refractivity contribution in [2.75, 3.05) is 36.6 Å². The molecular formula is C22H27N7O3S. The van der Waals surface area contributed by atoms with Gasteiger partial charge in [-0.2, -0.15) is 5.10 Å². The summed E-state index contributed by atoms with van der Waals surface area (Å²) in [5.74, 6) is 7.51. The number of nitrogens with one attached hydrogen (secondary N) is 2. The first-order valence-corrected chi connectivity index (χ1v) is 11.0. The molecular weight excluding hydrogens is 442 g/mol. The maximum Gasteiger partial charge on any atom is 0.264 e. The Labute approximate surface area is 196 Å². The monoisotopic (exact) mass is 469 g/mol. The van der Waals surface area contributed by atoms with Crippen LogP contribution in [0.3, 0.4) is 0 Å². The lowest BCUT2D eigenvalue weighted by atomic mass is 10.1. The van der Waals surface area contributed by atoms with Gasteiger partial charge >= 0.3 is 0 Å². The Balaban J connectivity index is 1.60. The van der Waals surface area contributed by atoms with Crippen molar-refractivity contribution in [2.45, 2.75) is 25.9 Å². The molecule has 11 heteroatoms. The summed E-state index contributed by atoms with van der Waals surface area (Å²) in [5, 5.41) is 15.6. The van der Waals surface area contributed by atoms with Crippen LogP contribution in [0.5, 0.6) is 11.5 Å². The molecule has 1 amide bonds. The first kappa shape index (κ1) is 23.9. The number of aryl methyl sites for hydroxylation is 2. The molecule has 0 atom stereocenters. The SMILES string of the molecule is COc1ccc(/C(C)=N/Nc2nnc(SCC(=O)Nc3ccc(C)cc3C)n2N)cc1OC. The van der Waals surface area contributed by atoms with Crippen LogP contribution in [-0.4, -0.2) is 46.5 Å². The van der Waals surface area contributed by atoms with Crippen molar-refractivity contribution in [1.29, 1.82) is 0 Å². The molecule has 0 saturated carbocycles. The Morgan fingerprint density at radius 2 is 1.88 bits per heavy atom. The fraction of sp³-hybridized carbons (Fsp3) is 0.273. The molecule has 0 aliphatic carbocycles. The summed E-state index contributed by atoms with van der Waals surface area (Å²) in [6.07, 6.45) is 0. The predicted molar refractivity (Wildman–Crippen MR) is 131 cm³/mol. The third kappa shape index (κ3) is 5.95. The summed E-state index contributed by atoms with van der Waals surface area (Å²) < 4.78 is 11.8. The number of aromatic nitrogens is 3. The molecule has 3 rings (SSSR count). The molecule has 174 valence electrons. The molecule has 0 bridgehead atoms. The average Bonchev–Trinajstić information content (AvgIpc) is 3.16. The molecule has 0 radical (unpaired) electrons. The van der Waals surface area contributed by atoms with Crippen LogP contribution >= 0.6 is 11.8 Å². The number of nitrogens with zero attached hydrogens (tertiary/aromatic N) is 4. The number of carbonyl (C=O) groups excluding carboxylic acids is 1. The molecule has 0 spiro atoms. The Morgan fingerprint density at radius 3 is 2.58 bits per heavy atom. The maximum atomic E-state index is 12.3. The van der Waals surface area contributed by atoms with E-state index in [1.54, 1.807) is 20.3 Å². The Kier molecular flexibility index (Phi) is 7.78. The number of hydrazone groups is 1. The zero-order valence-electron chi connectivity index (χ0n) is 19.2. The smallest absolute Gasteiger partial charge is 0.264 e. The van der Waals surface area contributed by atoms with Gasteiger partial charge in [-0.05, 0) is 50.6 Å². The maximum absolute atomic E-state index is 12.3. The average molecular weight is 470 g/mol. The molecule has 3 aromatic rings. The first-order valence-electron chi connectivity index (χ1n) is 10.1. The van der Waals surface area contributed by atoms with E-state index in [9.17, 15) is 4.79 Å². The second-order valence-electron chi connectivity index (χ2n) is 7.21. The van der Waals surface area contributed by atoms with Crippen LogP contribution in [-0.2, 0) is 4.79 Å². The minimum absolute atomic E-state index is 0.136. The number of carbonyl (C=O) groups is 1. The van der Waals surface area contributed by atoms with Gasteiger partial charge in [0.2, 0.25) is 11.1 Å². The van der Waals surface area contributed by atoms with Crippen molar-refractivity contribution < 1.29 is 14.3 Å². The lowest BCUT2D eigenvalue weighted by Gasteiger charge is -2.10. The lowest BCUT2D eigenvalue weighted by Crippen LogP contribution is -2.17. The van der Waals surface area contributed by atoms with Crippen LogP contribution in [0, 0.1) is 13.8 Å². The first-order chi connectivity index (χ1) is 15.8. The third-order valence-corrected chi connectivity index (χ3v) is 5.72. The Bertz CT molecular complexity index is 1180. The molecule has 10 nitrogen and oxygen atoms in total. The molecule has 0 unspecified atom stereocenters. The molecule has 0 aliphatic rings. The van der Waals surface area contributed by atoms with Gasteiger partial charge in [0.05, 0.1) is 25.7 Å². The van der Waals surface area contributed by atoms with Crippen LogP contribution in [0.1, 0.15) is 23.6 Å². The number of nitrogen functional groups attached to an aromatic ring is 1. The molecule has 0 aliphatic heterocycles. The summed E-state index contributed by atoms with van der Waals surface area (Å²) in [6, 6.07) is 11.3. The van der Waals surface area contributed by atoms with Crippen molar-refractivity contribution in [3.63, 3.8) is 0 Å². The normalized spacial score (nSPS) is 11.2. The zero-order chi connectivity index (χ0) is 24.0. The highest BCUT2D eigenvalue weighted by Crippen LogP contribution is 2.28. The summed E-state index contributed by atoms with van der Waals surface area (Å²) in [5.41, 5.74) is 7.24. The Morgan fingerprint density at radius 1 is 1.12 bits per heavy atom. The van der Waals surface area contributed by atoms with Crippen LogP contribution in [0.4, 0.5) is 11.6 Å². The van der Waals surface area contributed by atoms with Crippen molar-refractivity contribution in [3.05, 3.63) is 53.1 Å². The van der Waals surface area contributed by atoms with E-state index in [0.29, 0.717) is 22.4 Å². The van der Waals surface area contributed by atoms with Gasteiger partial charge in [0, 0.05) is 11.3 Å². The van der Waals surface area contributed by atoms with E-state index in [0.717, 1.165) is 22.4 Å². The Hall–Kier alpha value is -3.73. The number of methoxy groups -OCH3 is 2. The molecule has 0 saturated heterocycles. The second kappa shape index (κ2) is 10.7. The predicted octanol–water partition coefficient (Wildman–Crippen LogP) is 3.19. The largest absolute Gasteiger partial charge is 0.493 e. The number of hydrogen-bond acceptors (Lipinski definition) is 9. The van der Waals surface area contributed by atoms with Crippen LogP contribution in [0.2, 0.25) is 0 Å². The number of anilines is 2. The van der Waals surface area contributed by atoms with Crippen LogP contribution in [0.25, 0.3) is 0 Å². The van der Waals surface area contributed by atoms with Crippen molar-refractivity contribution in [1.82, 2.24) is 14.9 Å². The van der Waals surface area contributed by atoms with E-state index >= 15 is 0 Å². The number of nitrogens with two attached hydrogens (primary N) is 1. The molecule has 4 N–H and O–H groups in total. The van der Waals surface area contributed by atoms with E-state index < -0.39 is 0 Å². The number of thioether (sulfide) groups is 1.